The second kappa shape index (κ2) is 10.0. The van der Waals surface area contributed by atoms with Crippen LogP contribution in [-0.4, -0.2) is 86.3 Å². The average molecular weight is 453 g/mol. The van der Waals surface area contributed by atoms with E-state index in [1.54, 1.807) is 11.8 Å². The lowest BCUT2D eigenvalue weighted by atomic mass is 9.74. The molecule has 3 aliphatic rings. The molecule has 7 heteroatoms. The number of para-hydroxylation sites is 1. The number of urea groups is 1. The van der Waals surface area contributed by atoms with E-state index in [1.807, 2.05) is 30.0 Å². The maximum Gasteiger partial charge on any atom is 0.410 e. The summed E-state index contributed by atoms with van der Waals surface area (Å²) in [6.45, 7) is 6.22. The number of likely N-dealkylation sites (tertiary alicyclic amines) is 2. The van der Waals surface area contributed by atoms with Gasteiger partial charge in [-0.25, -0.2) is 9.59 Å². The molecule has 0 aliphatic carbocycles. The summed E-state index contributed by atoms with van der Waals surface area (Å²) >= 11 is 0. The minimum absolute atomic E-state index is 0.0413. The first-order valence-electron chi connectivity index (χ1n) is 12.1. The minimum Gasteiger partial charge on any atom is -0.436 e. The van der Waals surface area contributed by atoms with E-state index in [1.165, 1.54) is 5.56 Å². The summed E-state index contributed by atoms with van der Waals surface area (Å²) in [7, 11) is 3.64. The van der Waals surface area contributed by atoms with Crippen molar-refractivity contribution in [3.8, 4) is 11.8 Å². The van der Waals surface area contributed by atoms with Crippen LogP contribution in [0.2, 0.25) is 0 Å². The molecule has 0 bridgehead atoms. The first kappa shape index (κ1) is 23.4. The van der Waals surface area contributed by atoms with Gasteiger partial charge in [0.05, 0.1) is 0 Å². The molecule has 2 saturated heterocycles. The lowest BCUT2D eigenvalue weighted by Gasteiger charge is -2.43. The Morgan fingerprint density at radius 2 is 1.88 bits per heavy atom. The van der Waals surface area contributed by atoms with E-state index in [-0.39, 0.29) is 24.1 Å². The number of nitrogens with zero attached hydrogens (tertiary/aromatic N) is 4. The lowest BCUT2D eigenvalue weighted by Crippen LogP contribution is -2.50. The third-order valence-corrected chi connectivity index (χ3v) is 7.51. The van der Waals surface area contributed by atoms with Gasteiger partial charge in [0.25, 0.3) is 0 Å². The molecule has 3 aliphatic heterocycles. The first-order chi connectivity index (χ1) is 15.9. The summed E-state index contributed by atoms with van der Waals surface area (Å²) in [6, 6.07) is 8.98. The number of piperidine rings is 1. The maximum absolute atomic E-state index is 12.8. The zero-order valence-electron chi connectivity index (χ0n) is 20.2. The van der Waals surface area contributed by atoms with Crippen molar-refractivity contribution in [3.63, 3.8) is 0 Å². The van der Waals surface area contributed by atoms with Crippen molar-refractivity contribution < 1.29 is 14.3 Å². The van der Waals surface area contributed by atoms with E-state index < -0.39 is 0 Å². The van der Waals surface area contributed by atoms with Crippen molar-refractivity contribution in [1.82, 2.24) is 14.7 Å². The SMILES string of the molecule is CC#CCOC(=O)N1CCCC(N2CCC3(CC2)CN(C(=O)N(C)C)c2ccccc23)CC1. The molecule has 3 amide bonds. The number of anilines is 1. The van der Waals surface area contributed by atoms with Crippen LogP contribution in [0.15, 0.2) is 24.3 Å². The molecule has 178 valence electrons. The van der Waals surface area contributed by atoms with E-state index in [4.69, 9.17) is 4.74 Å². The summed E-state index contributed by atoms with van der Waals surface area (Å²) in [5, 5.41) is 0. The number of amides is 3. The van der Waals surface area contributed by atoms with Gasteiger partial charge in [0.2, 0.25) is 0 Å². The number of benzene rings is 1. The van der Waals surface area contributed by atoms with Crippen LogP contribution in [0.5, 0.6) is 0 Å². The highest BCUT2D eigenvalue weighted by Gasteiger charge is 2.47. The van der Waals surface area contributed by atoms with E-state index >= 15 is 0 Å². The lowest BCUT2D eigenvalue weighted by molar-refractivity contribution is 0.103. The van der Waals surface area contributed by atoms with Gasteiger partial charge in [-0.1, -0.05) is 24.1 Å². The van der Waals surface area contributed by atoms with Crippen LogP contribution < -0.4 is 4.90 Å². The van der Waals surface area contributed by atoms with Gasteiger partial charge in [-0.2, -0.15) is 0 Å². The number of ether oxygens (including phenoxy) is 1. The molecule has 7 nitrogen and oxygen atoms in total. The molecule has 1 aromatic rings. The summed E-state index contributed by atoms with van der Waals surface area (Å²) in [6.07, 6.45) is 4.94. The van der Waals surface area contributed by atoms with Gasteiger partial charge >= 0.3 is 12.1 Å². The van der Waals surface area contributed by atoms with Crippen molar-refractivity contribution in [1.29, 1.82) is 0 Å². The Bertz CT molecular complexity index is 927. The molecular formula is C26H36N4O3. The van der Waals surface area contributed by atoms with Gasteiger partial charge in [0.15, 0.2) is 6.61 Å². The second-order valence-corrected chi connectivity index (χ2v) is 9.65. The van der Waals surface area contributed by atoms with Crippen molar-refractivity contribution >= 4 is 17.8 Å². The number of rotatable bonds is 2. The highest BCUT2D eigenvalue weighted by molar-refractivity contribution is 5.95. The van der Waals surface area contributed by atoms with Crippen LogP contribution in [0.3, 0.4) is 0 Å². The Balaban J connectivity index is 1.37. The predicted octanol–water partition coefficient (Wildman–Crippen LogP) is 3.54. The average Bonchev–Trinajstić information content (AvgIpc) is 2.97. The van der Waals surface area contributed by atoms with Gasteiger partial charge in [0.1, 0.15) is 0 Å². The Kier molecular flexibility index (Phi) is 7.14. The zero-order valence-corrected chi connectivity index (χ0v) is 20.2. The van der Waals surface area contributed by atoms with E-state index in [0.29, 0.717) is 6.04 Å². The fourth-order valence-electron chi connectivity index (χ4n) is 5.67. The quantitative estimate of drug-likeness (QED) is 0.644. The van der Waals surface area contributed by atoms with Gasteiger partial charge < -0.3 is 19.4 Å². The molecule has 3 heterocycles. The molecule has 1 aromatic carbocycles. The van der Waals surface area contributed by atoms with Crippen LogP contribution in [0.4, 0.5) is 15.3 Å². The van der Waals surface area contributed by atoms with E-state index in [0.717, 1.165) is 70.5 Å². The normalized spacial score (nSPS) is 22.2. The van der Waals surface area contributed by atoms with Gasteiger partial charge in [0, 0.05) is 50.9 Å². The van der Waals surface area contributed by atoms with Crippen LogP contribution in [0, 0.1) is 11.8 Å². The monoisotopic (exact) mass is 452 g/mol. The summed E-state index contributed by atoms with van der Waals surface area (Å²) < 4.78 is 5.27. The summed E-state index contributed by atoms with van der Waals surface area (Å²) in [5.41, 5.74) is 2.44. The number of hydrogen-bond acceptors (Lipinski definition) is 4. The Labute approximate surface area is 197 Å². The zero-order chi connectivity index (χ0) is 23.4. The van der Waals surface area contributed by atoms with Crippen LogP contribution in [-0.2, 0) is 10.2 Å². The molecule has 0 N–H and O–H groups in total. The van der Waals surface area contributed by atoms with Crippen molar-refractivity contribution in [2.75, 3.05) is 58.3 Å². The van der Waals surface area contributed by atoms with E-state index in [2.05, 4.69) is 34.9 Å². The maximum atomic E-state index is 12.8. The van der Waals surface area contributed by atoms with Crippen LogP contribution in [0.25, 0.3) is 0 Å². The minimum atomic E-state index is -0.246. The molecule has 1 unspecified atom stereocenters. The number of fused-ring (bicyclic) bond motifs is 2. The Hall–Kier alpha value is -2.72. The molecule has 2 fully saturated rings. The van der Waals surface area contributed by atoms with E-state index in [9.17, 15) is 9.59 Å². The smallest absolute Gasteiger partial charge is 0.410 e. The largest absolute Gasteiger partial charge is 0.436 e. The fourth-order valence-corrected chi connectivity index (χ4v) is 5.67. The molecule has 33 heavy (non-hydrogen) atoms. The molecule has 1 spiro atoms. The number of carbonyl (C=O) groups excluding carboxylic acids is 2. The molecule has 4 rings (SSSR count). The Morgan fingerprint density at radius 3 is 2.61 bits per heavy atom. The number of carbonyl (C=O) groups is 2. The molecule has 0 aromatic heterocycles. The molecule has 1 atom stereocenters. The highest BCUT2D eigenvalue weighted by Crippen LogP contribution is 2.47. The van der Waals surface area contributed by atoms with Crippen molar-refractivity contribution in [2.45, 2.75) is 50.5 Å². The first-order valence-corrected chi connectivity index (χ1v) is 12.1. The summed E-state index contributed by atoms with van der Waals surface area (Å²) in [4.78, 5) is 33.2. The van der Waals surface area contributed by atoms with Crippen LogP contribution >= 0.6 is 0 Å². The van der Waals surface area contributed by atoms with Gasteiger partial charge in [-0.3, -0.25) is 4.90 Å². The summed E-state index contributed by atoms with van der Waals surface area (Å²) in [5.74, 6) is 5.54. The van der Waals surface area contributed by atoms with Crippen molar-refractivity contribution in [2.24, 2.45) is 0 Å². The predicted molar refractivity (Wildman–Crippen MR) is 129 cm³/mol. The van der Waals surface area contributed by atoms with Crippen molar-refractivity contribution in [3.05, 3.63) is 29.8 Å². The van der Waals surface area contributed by atoms with Gasteiger partial charge in [-0.15, -0.1) is 5.92 Å². The molecular weight excluding hydrogens is 416 g/mol. The fraction of sp³-hybridized carbons (Fsp3) is 0.615. The molecule has 0 saturated carbocycles. The number of hydrogen-bond donors (Lipinski definition) is 0. The Morgan fingerprint density at radius 1 is 1.12 bits per heavy atom. The second-order valence-electron chi connectivity index (χ2n) is 9.65. The third-order valence-electron chi connectivity index (χ3n) is 7.51. The topological polar surface area (TPSA) is 56.3 Å². The van der Waals surface area contributed by atoms with Crippen LogP contribution in [0.1, 0.15) is 44.6 Å². The highest BCUT2D eigenvalue weighted by atomic mass is 16.6. The molecule has 0 radical (unpaired) electrons. The van der Waals surface area contributed by atoms with Gasteiger partial charge in [-0.05, 0) is 63.7 Å². The third kappa shape index (κ3) is 4.81. The standard InChI is InChI=1S/C26H36N4O3/c1-4-5-19-33-25(32)29-15-8-9-21(12-16-29)28-17-13-26(14-18-28)20-30(24(31)27(2)3)23-11-7-6-10-22(23)26/h6-7,10-11,21H,8-9,12-20H2,1-3H3.